The van der Waals surface area contributed by atoms with Crippen LogP contribution in [0.2, 0.25) is 0 Å². The Morgan fingerprint density at radius 1 is 1.00 bits per heavy atom. The lowest BCUT2D eigenvalue weighted by atomic mass is 10.1. The minimum absolute atomic E-state index is 0.0116. The van der Waals surface area contributed by atoms with Gasteiger partial charge in [0.25, 0.3) is 10.0 Å². The molecule has 0 spiro atoms. The van der Waals surface area contributed by atoms with Crippen molar-refractivity contribution in [2.45, 2.75) is 18.7 Å². The highest BCUT2D eigenvalue weighted by atomic mass is 79.9. The normalized spacial score (nSPS) is 11.0. The van der Waals surface area contributed by atoms with Crippen molar-refractivity contribution < 1.29 is 27.5 Å². The van der Waals surface area contributed by atoms with E-state index >= 15 is 0 Å². The molecular weight excluding hydrogens is 536 g/mol. The van der Waals surface area contributed by atoms with Gasteiger partial charge in [0, 0.05) is 5.69 Å². The van der Waals surface area contributed by atoms with Crippen molar-refractivity contribution in [2.24, 2.45) is 0 Å². The molecule has 1 amide bonds. The molecule has 8 nitrogen and oxygen atoms in total. The molecule has 35 heavy (non-hydrogen) atoms. The fraction of sp³-hybridized carbons (Fsp3) is 0.200. The first-order valence-electron chi connectivity index (χ1n) is 10.5. The van der Waals surface area contributed by atoms with Crippen LogP contribution in [0.3, 0.4) is 0 Å². The molecule has 184 valence electrons. The summed E-state index contributed by atoms with van der Waals surface area (Å²) in [5, 5.41) is 2.71. The third kappa shape index (κ3) is 5.83. The van der Waals surface area contributed by atoms with E-state index in [4.69, 9.17) is 9.47 Å². The van der Waals surface area contributed by atoms with E-state index in [9.17, 15) is 18.0 Å². The van der Waals surface area contributed by atoms with Gasteiger partial charge in [0.15, 0.2) is 0 Å². The first-order chi connectivity index (χ1) is 16.6. The summed E-state index contributed by atoms with van der Waals surface area (Å²) in [6.07, 6.45) is 0. The smallest absolute Gasteiger partial charge is 0.338 e. The number of nitrogens with one attached hydrogen (secondary N) is 1. The van der Waals surface area contributed by atoms with Gasteiger partial charge in [-0.25, -0.2) is 13.2 Å². The molecule has 10 heteroatoms. The van der Waals surface area contributed by atoms with Crippen molar-refractivity contribution in [3.05, 3.63) is 81.8 Å². The van der Waals surface area contributed by atoms with E-state index in [1.807, 2.05) is 6.92 Å². The van der Waals surface area contributed by atoms with Gasteiger partial charge in [-0.15, -0.1) is 0 Å². The molecule has 0 heterocycles. The van der Waals surface area contributed by atoms with Crippen LogP contribution in [0.15, 0.2) is 70.0 Å². The van der Waals surface area contributed by atoms with Gasteiger partial charge in [0.1, 0.15) is 12.3 Å². The van der Waals surface area contributed by atoms with Gasteiger partial charge in [-0.1, -0.05) is 23.8 Å². The fourth-order valence-corrected chi connectivity index (χ4v) is 5.52. The van der Waals surface area contributed by atoms with Crippen LogP contribution in [0.4, 0.5) is 11.4 Å². The van der Waals surface area contributed by atoms with Crippen LogP contribution in [-0.2, 0) is 19.6 Å². The fourth-order valence-electron chi connectivity index (χ4n) is 3.38. The summed E-state index contributed by atoms with van der Waals surface area (Å²) in [5.41, 5.74) is 2.47. The Hall–Kier alpha value is -3.37. The largest absolute Gasteiger partial charge is 0.496 e. The summed E-state index contributed by atoms with van der Waals surface area (Å²) in [5.74, 6) is -0.635. The standard InChI is InChI=1S/C25H25BrN2O6S/c1-16-8-10-18(11-9-16)28(35(31,32)19-12-13-23(33-3)21(26)14-19)15-24(29)27-22-7-5-6-20(17(22)2)25(30)34-4/h5-14H,15H2,1-4H3,(H,27,29). The predicted octanol–water partition coefficient (Wildman–Crippen LogP) is 4.70. The van der Waals surface area contributed by atoms with Crippen LogP contribution in [-0.4, -0.2) is 41.1 Å². The number of nitrogens with zero attached hydrogens (tertiary/aromatic N) is 1. The van der Waals surface area contributed by atoms with E-state index in [2.05, 4.69) is 21.2 Å². The molecule has 0 fully saturated rings. The number of ether oxygens (including phenoxy) is 2. The number of hydrogen-bond acceptors (Lipinski definition) is 6. The molecule has 0 saturated carbocycles. The lowest BCUT2D eigenvalue weighted by Gasteiger charge is -2.25. The van der Waals surface area contributed by atoms with Gasteiger partial charge >= 0.3 is 5.97 Å². The number of carbonyl (C=O) groups is 2. The number of carbonyl (C=O) groups excluding carboxylic acids is 2. The van der Waals surface area contributed by atoms with E-state index in [0.717, 1.165) is 9.87 Å². The summed E-state index contributed by atoms with van der Waals surface area (Å²) in [7, 11) is -1.37. The molecule has 0 unspecified atom stereocenters. The molecule has 3 aromatic carbocycles. The Morgan fingerprint density at radius 3 is 2.29 bits per heavy atom. The minimum Gasteiger partial charge on any atom is -0.496 e. The van der Waals surface area contributed by atoms with E-state index in [1.165, 1.54) is 32.4 Å². The molecule has 0 saturated heterocycles. The zero-order valence-electron chi connectivity index (χ0n) is 19.7. The lowest BCUT2D eigenvalue weighted by molar-refractivity contribution is -0.114. The van der Waals surface area contributed by atoms with Crippen LogP contribution in [0, 0.1) is 13.8 Å². The molecule has 0 aromatic heterocycles. The molecule has 3 rings (SSSR count). The number of amides is 1. The van der Waals surface area contributed by atoms with Gasteiger partial charge < -0.3 is 14.8 Å². The molecule has 0 aliphatic heterocycles. The SMILES string of the molecule is COC(=O)c1cccc(NC(=O)CN(c2ccc(C)cc2)S(=O)(=O)c2ccc(OC)c(Br)c2)c1C. The minimum atomic E-state index is -4.12. The first-order valence-corrected chi connectivity index (χ1v) is 12.7. The maximum atomic E-state index is 13.6. The van der Waals surface area contributed by atoms with Crippen molar-refractivity contribution in [1.82, 2.24) is 0 Å². The summed E-state index contributed by atoms with van der Waals surface area (Å²) in [6, 6.07) is 16.0. The van der Waals surface area contributed by atoms with E-state index in [0.29, 0.717) is 32.7 Å². The van der Waals surface area contributed by atoms with E-state index < -0.39 is 28.4 Å². The Bertz CT molecular complexity index is 1360. The molecule has 3 aromatic rings. The summed E-state index contributed by atoms with van der Waals surface area (Å²) >= 11 is 3.32. The van der Waals surface area contributed by atoms with Crippen molar-refractivity contribution >= 4 is 49.2 Å². The average Bonchev–Trinajstić information content (AvgIpc) is 2.84. The van der Waals surface area contributed by atoms with Crippen molar-refractivity contribution in [1.29, 1.82) is 0 Å². The maximum absolute atomic E-state index is 13.6. The lowest BCUT2D eigenvalue weighted by Crippen LogP contribution is -2.38. The molecule has 0 aliphatic carbocycles. The number of sulfonamides is 1. The summed E-state index contributed by atoms with van der Waals surface area (Å²) < 4.78 is 38.7. The Labute approximate surface area is 213 Å². The number of hydrogen-bond donors (Lipinski definition) is 1. The molecule has 1 N–H and O–H groups in total. The third-order valence-corrected chi connectivity index (χ3v) is 7.72. The predicted molar refractivity (Wildman–Crippen MR) is 138 cm³/mol. The van der Waals surface area contributed by atoms with Gasteiger partial charge in [0.05, 0.1) is 34.8 Å². The summed E-state index contributed by atoms with van der Waals surface area (Å²) in [4.78, 5) is 25.0. The van der Waals surface area contributed by atoms with Crippen molar-refractivity contribution in [2.75, 3.05) is 30.4 Å². The second-order valence-corrected chi connectivity index (χ2v) is 10.4. The van der Waals surface area contributed by atoms with Crippen molar-refractivity contribution in [3.63, 3.8) is 0 Å². The number of benzene rings is 3. The number of methoxy groups -OCH3 is 2. The van der Waals surface area contributed by atoms with Crippen LogP contribution < -0.4 is 14.4 Å². The highest BCUT2D eigenvalue weighted by Gasteiger charge is 2.28. The molecule has 0 bridgehead atoms. The summed E-state index contributed by atoms with van der Waals surface area (Å²) in [6.45, 7) is 3.06. The highest BCUT2D eigenvalue weighted by molar-refractivity contribution is 9.10. The van der Waals surface area contributed by atoms with E-state index in [-0.39, 0.29) is 4.90 Å². The third-order valence-electron chi connectivity index (χ3n) is 5.33. The van der Waals surface area contributed by atoms with Crippen LogP contribution in [0.25, 0.3) is 0 Å². The molecule has 0 aliphatic rings. The first kappa shape index (κ1) is 26.2. The number of esters is 1. The van der Waals surface area contributed by atoms with Crippen LogP contribution in [0.5, 0.6) is 5.75 Å². The monoisotopic (exact) mass is 560 g/mol. The average molecular weight is 561 g/mol. The number of rotatable bonds is 8. The number of halogens is 1. The van der Waals surface area contributed by atoms with Gasteiger partial charge in [-0.3, -0.25) is 9.10 Å². The number of anilines is 2. The Morgan fingerprint density at radius 2 is 1.69 bits per heavy atom. The maximum Gasteiger partial charge on any atom is 0.338 e. The Balaban J connectivity index is 1.97. The van der Waals surface area contributed by atoms with Gasteiger partial charge in [0.2, 0.25) is 5.91 Å². The second kappa shape index (κ2) is 10.9. The second-order valence-electron chi connectivity index (χ2n) is 7.66. The Kier molecular flexibility index (Phi) is 8.18. The zero-order valence-corrected chi connectivity index (χ0v) is 22.1. The quantitative estimate of drug-likeness (QED) is 0.401. The highest BCUT2D eigenvalue weighted by Crippen LogP contribution is 2.31. The van der Waals surface area contributed by atoms with Crippen molar-refractivity contribution in [3.8, 4) is 5.75 Å². The number of aryl methyl sites for hydroxylation is 1. The van der Waals surface area contributed by atoms with Crippen LogP contribution >= 0.6 is 15.9 Å². The van der Waals surface area contributed by atoms with E-state index in [1.54, 1.807) is 49.4 Å². The van der Waals surface area contributed by atoms with Gasteiger partial charge in [-0.2, -0.15) is 0 Å². The molecular formula is C25H25BrN2O6S. The van der Waals surface area contributed by atoms with Gasteiger partial charge in [-0.05, 0) is 77.8 Å². The van der Waals surface area contributed by atoms with Crippen LogP contribution in [0.1, 0.15) is 21.5 Å². The zero-order chi connectivity index (χ0) is 25.8. The molecule has 0 radical (unpaired) electrons. The topological polar surface area (TPSA) is 102 Å². The molecule has 0 atom stereocenters.